The van der Waals surface area contributed by atoms with Crippen LogP contribution >= 0.6 is 11.3 Å². The van der Waals surface area contributed by atoms with Crippen molar-refractivity contribution in [3.8, 4) is 5.75 Å². The number of Topliss-reactive ketones (excluding diaryl/α,β-unsaturated/α-hetero) is 1. The van der Waals surface area contributed by atoms with Gasteiger partial charge >= 0.3 is 0 Å². The lowest BCUT2D eigenvalue weighted by molar-refractivity contribution is -0.117. The van der Waals surface area contributed by atoms with Gasteiger partial charge < -0.3 is 14.3 Å². The Hall–Kier alpha value is -3.98. The molecule has 1 aliphatic rings. The van der Waals surface area contributed by atoms with Crippen LogP contribution in [-0.4, -0.2) is 28.4 Å². The first-order valence-electron chi connectivity index (χ1n) is 10.1. The first kappa shape index (κ1) is 20.9. The third-order valence-corrected chi connectivity index (χ3v) is 6.25. The number of halogens is 1. The van der Waals surface area contributed by atoms with Crippen molar-refractivity contribution < 1.29 is 28.2 Å². The molecule has 0 aliphatic carbocycles. The zero-order valence-corrected chi connectivity index (χ0v) is 18.1. The molecule has 0 saturated carbocycles. The molecule has 2 aromatic carbocycles. The van der Waals surface area contributed by atoms with Crippen molar-refractivity contribution in [2.24, 2.45) is 0 Å². The Kier molecular flexibility index (Phi) is 5.18. The summed E-state index contributed by atoms with van der Waals surface area (Å²) < 4.78 is 25.6. The van der Waals surface area contributed by atoms with E-state index in [-0.39, 0.29) is 16.5 Å². The summed E-state index contributed by atoms with van der Waals surface area (Å²) in [6.45, 7) is 2.38. The molecule has 2 aromatic heterocycles. The molecule has 166 valence electrons. The third kappa shape index (κ3) is 3.56. The van der Waals surface area contributed by atoms with Gasteiger partial charge in [0.1, 0.15) is 11.6 Å². The highest BCUT2D eigenvalue weighted by Crippen LogP contribution is 2.44. The average molecular weight is 464 g/mol. The lowest BCUT2D eigenvalue weighted by atomic mass is 9.95. The predicted octanol–water partition coefficient (Wildman–Crippen LogP) is 5.21. The molecule has 7 nitrogen and oxygen atoms in total. The molecule has 9 heteroatoms. The van der Waals surface area contributed by atoms with Crippen molar-refractivity contribution >= 4 is 38.4 Å². The number of carbonyl (C=O) groups is 2. The maximum absolute atomic E-state index is 14.1. The van der Waals surface area contributed by atoms with E-state index < -0.39 is 29.3 Å². The van der Waals surface area contributed by atoms with Gasteiger partial charge in [0.2, 0.25) is 5.78 Å². The van der Waals surface area contributed by atoms with Crippen LogP contribution in [0.5, 0.6) is 5.75 Å². The minimum absolute atomic E-state index is 0.0433. The lowest BCUT2D eigenvalue weighted by Gasteiger charge is -2.24. The molecule has 33 heavy (non-hydrogen) atoms. The number of fused-ring (bicyclic) bond motifs is 1. The molecule has 1 unspecified atom stereocenters. The number of ketones is 1. The molecule has 5 rings (SSSR count). The number of ether oxygens (including phenoxy) is 1. The van der Waals surface area contributed by atoms with E-state index in [0.717, 1.165) is 4.70 Å². The van der Waals surface area contributed by atoms with Gasteiger partial charge in [-0.1, -0.05) is 23.5 Å². The molecule has 1 N–H and O–H groups in total. The van der Waals surface area contributed by atoms with Crippen LogP contribution < -0.4 is 9.64 Å². The molecule has 4 aromatic rings. The molecule has 0 bridgehead atoms. The zero-order valence-electron chi connectivity index (χ0n) is 17.3. The number of thiazole rings is 1. The van der Waals surface area contributed by atoms with Gasteiger partial charge in [-0.25, -0.2) is 9.37 Å². The van der Waals surface area contributed by atoms with Crippen LogP contribution in [-0.2, 0) is 4.79 Å². The molecule has 1 atom stereocenters. The second-order valence-corrected chi connectivity index (χ2v) is 8.27. The summed E-state index contributed by atoms with van der Waals surface area (Å²) in [5.41, 5.74) is 0.737. The number of nitrogens with zero attached hydrogens (tertiary/aromatic N) is 2. The number of aromatic nitrogens is 1. The maximum Gasteiger partial charge on any atom is 0.296 e. The first-order valence-corrected chi connectivity index (χ1v) is 10.9. The number of hydrogen-bond donors (Lipinski definition) is 1. The molecule has 1 aliphatic heterocycles. The number of hydrogen-bond acceptors (Lipinski definition) is 7. The van der Waals surface area contributed by atoms with Gasteiger partial charge in [-0.2, -0.15) is 0 Å². The molecule has 0 fully saturated rings. The highest BCUT2D eigenvalue weighted by atomic mass is 32.1. The molecular formula is C24H17FN2O5S. The number of anilines is 1. The van der Waals surface area contributed by atoms with Gasteiger partial charge in [0.25, 0.3) is 5.91 Å². The number of carbonyl (C=O) groups excluding carboxylic acids is 2. The van der Waals surface area contributed by atoms with Crippen molar-refractivity contribution in [2.45, 2.75) is 13.0 Å². The van der Waals surface area contributed by atoms with Gasteiger partial charge in [0.15, 0.2) is 16.7 Å². The summed E-state index contributed by atoms with van der Waals surface area (Å²) in [6.07, 6.45) is 1.32. The summed E-state index contributed by atoms with van der Waals surface area (Å²) in [5, 5.41) is 11.0. The number of furan rings is 1. The van der Waals surface area contributed by atoms with E-state index in [4.69, 9.17) is 9.15 Å². The van der Waals surface area contributed by atoms with Crippen LogP contribution in [0.2, 0.25) is 0 Å². The van der Waals surface area contributed by atoms with Crippen LogP contribution in [0.15, 0.2) is 76.6 Å². The van der Waals surface area contributed by atoms with Crippen molar-refractivity contribution in [3.63, 3.8) is 0 Å². The standard InChI is InChI=1S/C24H17FN2O5S/c1-2-31-15-8-9-16-18(12-15)33-24(26-16)27-20(13-5-3-6-14(25)11-13)19(22(29)23(27)30)21(28)17-7-4-10-32-17/h3-12,20,29H,2H2,1H3. The fourth-order valence-corrected chi connectivity index (χ4v) is 4.84. The van der Waals surface area contributed by atoms with Gasteiger partial charge in [-0.05, 0) is 55.0 Å². The van der Waals surface area contributed by atoms with E-state index >= 15 is 0 Å². The maximum atomic E-state index is 14.1. The lowest BCUT2D eigenvalue weighted by Crippen LogP contribution is -2.31. The van der Waals surface area contributed by atoms with Gasteiger partial charge in [0.05, 0.1) is 34.7 Å². The fourth-order valence-electron chi connectivity index (χ4n) is 3.82. The van der Waals surface area contributed by atoms with E-state index in [1.165, 1.54) is 52.8 Å². The zero-order chi connectivity index (χ0) is 23.1. The minimum Gasteiger partial charge on any atom is -0.503 e. The fraction of sp³-hybridized carbons (Fsp3) is 0.125. The van der Waals surface area contributed by atoms with Gasteiger partial charge in [0, 0.05) is 0 Å². The van der Waals surface area contributed by atoms with E-state index in [2.05, 4.69) is 4.98 Å². The van der Waals surface area contributed by atoms with Crippen LogP contribution in [0.4, 0.5) is 9.52 Å². The quantitative estimate of drug-likeness (QED) is 0.394. The third-order valence-electron chi connectivity index (χ3n) is 5.23. The number of amides is 1. The molecule has 0 radical (unpaired) electrons. The second kappa shape index (κ2) is 8.18. The molecular weight excluding hydrogens is 447 g/mol. The Morgan fingerprint density at radius 1 is 1.24 bits per heavy atom. The van der Waals surface area contributed by atoms with E-state index in [0.29, 0.717) is 23.4 Å². The van der Waals surface area contributed by atoms with Crippen molar-refractivity contribution in [2.75, 3.05) is 11.5 Å². The summed E-state index contributed by atoms with van der Waals surface area (Å²) in [4.78, 5) is 32.1. The average Bonchev–Trinajstić information content (AvgIpc) is 3.52. The second-order valence-electron chi connectivity index (χ2n) is 7.26. The SMILES string of the molecule is CCOc1ccc2nc(N3C(=O)C(O)=C(C(=O)c4ccco4)C3c3cccc(F)c3)sc2c1. The summed E-state index contributed by atoms with van der Waals surface area (Å²) in [5.74, 6) is -2.12. The van der Waals surface area contributed by atoms with Crippen LogP contribution in [0.3, 0.4) is 0 Å². The number of rotatable bonds is 6. The van der Waals surface area contributed by atoms with Crippen molar-refractivity contribution in [1.82, 2.24) is 4.98 Å². The highest BCUT2D eigenvalue weighted by Gasteiger charge is 2.46. The van der Waals surface area contributed by atoms with Gasteiger partial charge in [-0.15, -0.1) is 0 Å². The van der Waals surface area contributed by atoms with Crippen molar-refractivity contribution in [3.05, 3.63) is 89.3 Å². The monoisotopic (exact) mass is 464 g/mol. The van der Waals surface area contributed by atoms with E-state index in [1.54, 1.807) is 24.3 Å². The Morgan fingerprint density at radius 3 is 2.82 bits per heavy atom. The Labute approximate surface area is 191 Å². The summed E-state index contributed by atoms with van der Waals surface area (Å²) >= 11 is 1.20. The van der Waals surface area contributed by atoms with Crippen molar-refractivity contribution in [1.29, 1.82) is 0 Å². The highest BCUT2D eigenvalue weighted by molar-refractivity contribution is 7.22. The van der Waals surface area contributed by atoms with E-state index in [1.807, 2.05) is 6.92 Å². The predicted molar refractivity (Wildman–Crippen MR) is 120 cm³/mol. The number of benzene rings is 2. The molecule has 0 spiro atoms. The van der Waals surface area contributed by atoms with E-state index in [9.17, 15) is 19.1 Å². The normalized spacial score (nSPS) is 16.1. The Morgan fingerprint density at radius 2 is 2.09 bits per heavy atom. The number of aliphatic hydroxyl groups excluding tert-OH is 1. The Balaban J connectivity index is 1.65. The summed E-state index contributed by atoms with van der Waals surface area (Å²) in [7, 11) is 0. The molecule has 0 saturated heterocycles. The smallest absolute Gasteiger partial charge is 0.296 e. The Bertz CT molecular complexity index is 1410. The topological polar surface area (TPSA) is 92.9 Å². The van der Waals surface area contributed by atoms with Crippen LogP contribution in [0, 0.1) is 5.82 Å². The minimum atomic E-state index is -1.09. The largest absolute Gasteiger partial charge is 0.503 e. The molecule has 3 heterocycles. The van der Waals surface area contributed by atoms with Crippen LogP contribution in [0.25, 0.3) is 10.2 Å². The molecule has 1 amide bonds. The van der Waals surface area contributed by atoms with Crippen LogP contribution in [0.1, 0.15) is 29.1 Å². The first-order chi connectivity index (χ1) is 16.0. The van der Waals surface area contributed by atoms with Gasteiger partial charge in [-0.3, -0.25) is 14.5 Å². The summed E-state index contributed by atoms with van der Waals surface area (Å²) in [6, 6.07) is 12.8. The number of aliphatic hydroxyl groups is 1.